The summed E-state index contributed by atoms with van der Waals surface area (Å²) in [5.41, 5.74) is 0. The molecule has 0 aliphatic carbocycles. The summed E-state index contributed by atoms with van der Waals surface area (Å²) < 4.78 is 1.91. The van der Waals surface area contributed by atoms with E-state index >= 15 is 0 Å². The van der Waals surface area contributed by atoms with Crippen molar-refractivity contribution in [3.8, 4) is 0 Å². The lowest BCUT2D eigenvalue weighted by atomic mass is 10.3. The molecule has 1 aromatic heterocycles. The molecule has 0 radical (unpaired) electrons. The first kappa shape index (κ1) is 11.4. The van der Waals surface area contributed by atoms with Crippen LogP contribution >= 0.6 is 43.2 Å². The molecule has 2 nitrogen and oxygen atoms in total. The Bertz CT molecular complexity index is 302. The Kier molecular flexibility index (Phi) is 4.09. The van der Waals surface area contributed by atoms with Gasteiger partial charge in [-0.1, -0.05) is 0 Å². The number of likely N-dealkylation sites (N-methyl/N-ethyl adjacent to an activating group) is 1. The van der Waals surface area contributed by atoms with Crippen molar-refractivity contribution in [3.05, 3.63) is 19.2 Å². The van der Waals surface area contributed by atoms with Crippen LogP contribution in [0.5, 0.6) is 0 Å². The van der Waals surface area contributed by atoms with Gasteiger partial charge < -0.3 is 4.90 Å². The van der Waals surface area contributed by atoms with E-state index in [1.807, 2.05) is 25.1 Å². The van der Waals surface area contributed by atoms with Crippen LogP contribution < -0.4 is 0 Å². The van der Waals surface area contributed by atoms with Gasteiger partial charge in [-0.15, -0.1) is 11.3 Å². The van der Waals surface area contributed by atoms with E-state index in [0.29, 0.717) is 6.54 Å². The third-order valence-electron chi connectivity index (χ3n) is 1.38. The highest BCUT2D eigenvalue weighted by Gasteiger charge is 2.12. The second-order valence-corrected chi connectivity index (χ2v) is 6.12. The molecule has 0 saturated heterocycles. The summed E-state index contributed by atoms with van der Waals surface area (Å²) in [6.45, 7) is 0.458. The molecule has 0 fully saturated rings. The Hall–Kier alpha value is 0.290. The van der Waals surface area contributed by atoms with Crippen LogP contribution in [-0.4, -0.2) is 31.3 Å². The Morgan fingerprint density at radius 2 is 2.15 bits per heavy atom. The maximum Gasteiger partial charge on any atom is 0.186 e. The van der Waals surface area contributed by atoms with Gasteiger partial charge in [-0.05, 0) is 52.0 Å². The van der Waals surface area contributed by atoms with Crippen LogP contribution in [0.4, 0.5) is 0 Å². The van der Waals surface area contributed by atoms with E-state index in [2.05, 4.69) is 31.9 Å². The molecule has 0 atom stereocenters. The molecule has 5 heteroatoms. The molecule has 0 saturated carbocycles. The van der Waals surface area contributed by atoms with Gasteiger partial charge in [0.2, 0.25) is 0 Å². The lowest BCUT2D eigenvalue weighted by molar-refractivity contribution is 0.0962. The van der Waals surface area contributed by atoms with Crippen molar-refractivity contribution in [3.63, 3.8) is 0 Å². The average molecular weight is 327 g/mol. The topological polar surface area (TPSA) is 20.3 Å². The minimum absolute atomic E-state index is 0.154. The fourth-order valence-electron chi connectivity index (χ4n) is 0.849. The highest BCUT2D eigenvalue weighted by Crippen LogP contribution is 2.32. The van der Waals surface area contributed by atoms with E-state index in [1.165, 1.54) is 11.3 Å². The van der Waals surface area contributed by atoms with Crippen molar-refractivity contribution in [2.45, 2.75) is 0 Å². The summed E-state index contributed by atoms with van der Waals surface area (Å²) in [4.78, 5) is 14.2. The third-order valence-corrected chi connectivity index (χ3v) is 4.68. The predicted octanol–water partition coefficient (Wildman–Crippen LogP) is 3.02. The van der Waals surface area contributed by atoms with Crippen molar-refractivity contribution in [2.75, 3.05) is 20.6 Å². The molecule has 72 valence electrons. The largest absolute Gasteiger partial charge is 0.302 e. The molecule has 1 aromatic rings. The van der Waals surface area contributed by atoms with Gasteiger partial charge in [0, 0.05) is 4.47 Å². The number of hydrogen-bond acceptors (Lipinski definition) is 3. The SMILES string of the molecule is CN(C)CC(=O)c1cc(Br)c(Br)s1. The normalized spacial score (nSPS) is 10.8. The Morgan fingerprint density at radius 1 is 1.54 bits per heavy atom. The molecule has 0 unspecified atom stereocenters. The lowest BCUT2D eigenvalue weighted by Gasteiger charge is -2.05. The number of carbonyl (C=O) groups excluding carboxylic acids is 1. The summed E-state index contributed by atoms with van der Waals surface area (Å²) in [5, 5.41) is 0. The monoisotopic (exact) mass is 325 g/mol. The van der Waals surface area contributed by atoms with E-state index < -0.39 is 0 Å². The van der Waals surface area contributed by atoms with Crippen LogP contribution in [0.2, 0.25) is 0 Å². The molecule has 0 aromatic carbocycles. The van der Waals surface area contributed by atoms with E-state index in [4.69, 9.17) is 0 Å². The van der Waals surface area contributed by atoms with Gasteiger partial charge in [-0.2, -0.15) is 0 Å². The molecule has 0 aliphatic heterocycles. The van der Waals surface area contributed by atoms with Crippen LogP contribution in [0.3, 0.4) is 0 Å². The molecule has 0 N–H and O–H groups in total. The first-order valence-electron chi connectivity index (χ1n) is 3.63. The van der Waals surface area contributed by atoms with Crippen LogP contribution in [0, 0.1) is 0 Å². The molecular weight excluding hydrogens is 318 g/mol. The molecule has 0 amide bonds. The smallest absolute Gasteiger partial charge is 0.186 e. The highest BCUT2D eigenvalue weighted by molar-refractivity contribution is 9.13. The Labute approximate surface area is 98.2 Å². The standard InChI is InChI=1S/C8H9Br2NOS/c1-11(2)4-6(12)7-3-5(9)8(10)13-7/h3H,4H2,1-2H3. The Balaban J connectivity index is 2.77. The second-order valence-electron chi connectivity index (χ2n) is 2.89. The van der Waals surface area contributed by atoms with Gasteiger partial charge in [0.1, 0.15) is 0 Å². The Morgan fingerprint density at radius 3 is 2.54 bits per heavy atom. The molecule has 0 aliphatic rings. The summed E-state index contributed by atoms with van der Waals surface area (Å²) in [6.07, 6.45) is 0. The first-order valence-corrected chi connectivity index (χ1v) is 6.03. The summed E-state index contributed by atoms with van der Waals surface area (Å²) >= 11 is 8.16. The average Bonchev–Trinajstić information content (AvgIpc) is 2.31. The number of carbonyl (C=O) groups is 1. The van der Waals surface area contributed by atoms with E-state index in [9.17, 15) is 4.79 Å². The highest BCUT2D eigenvalue weighted by atomic mass is 79.9. The van der Waals surface area contributed by atoms with Crippen molar-refractivity contribution in [1.82, 2.24) is 4.90 Å². The van der Waals surface area contributed by atoms with E-state index in [1.54, 1.807) is 0 Å². The number of rotatable bonds is 3. The fraction of sp³-hybridized carbons (Fsp3) is 0.375. The third kappa shape index (κ3) is 3.16. The number of hydrogen-bond donors (Lipinski definition) is 0. The summed E-state index contributed by atoms with van der Waals surface area (Å²) in [6, 6.07) is 1.85. The van der Waals surface area contributed by atoms with Crippen molar-refractivity contribution >= 4 is 49.0 Å². The zero-order valence-corrected chi connectivity index (χ0v) is 11.3. The first-order chi connectivity index (χ1) is 6.00. The van der Waals surface area contributed by atoms with Gasteiger partial charge in [0.05, 0.1) is 15.2 Å². The van der Waals surface area contributed by atoms with Gasteiger partial charge >= 0.3 is 0 Å². The van der Waals surface area contributed by atoms with E-state index in [0.717, 1.165) is 13.1 Å². The lowest BCUT2D eigenvalue weighted by Crippen LogP contribution is -2.20. The number of nitrogens with zero attached hydrogens (tertiary/aromatic N) is 1. The van der Waals surface area contributed by atoms with Crippen LogP contribution in [0.25, 0.3) is 0 Å². The maximum absolute atomic E-state index is 11.5. The van der Waals surface area contributed by atoms with Crippen LogP contribution in [0.15, 0.2) is 14.3 Å². The molecular formula is C8H9Br2NOS. The minimum Gasteiger partial charge on any atom is -0.302 e. The molecule has 1 rings (SSSR count). The number of ketones is 1. The minimum atomic E-state index is 0.154. The van der Waals surface area contributed by atoms with Gasteiger partial charge in [-0.25, -0.2) is 0 Å². The van der Waals surface area contributed by atoms with Crippen molar-refractivity contribution in [2.24, 2.45) is 0 Å². The quantitative estimate of drug-likeness (QED) is 0.796. The van der Waals surface area contributed by atoms with E-state index in [-0.39, 0.29) is 5.78 Å². The number of halogens is 2. The molecule has 0 bridgehead atoms. The van der Waals surface area contributed by atoms with Gasteiger partial charge in [0.15, 0.2) is 5.78 Å². The van der Waals surface area contributed by atoms with Crippen LogP contribution in [-0.2, 0) is 0 Å². The molecule has 0 spiro atoms. The van der Waals surface area contributed by atoms with Crippen LogP contribution in [0.1, 0.15) is 9.67 Å². The molecule has 13 heavy (non-hydrogen) atoms. The molecule has 1 heterocycles. The van der Waals surface area contributed by atoms with Gasteiger partial charge in [-0.3, -0.25) is 4.79 Å². The van der Waals surface area contributed by atoms with Crippen molar-refractivity contribution < 1.29 is 4.79 Å². The second kappa shape index (κ2) is 4.68. The fourth-order valence-corrected chi connectivity index (χ4v) is 2.81. The summed E-state index contributed by atoms with van der Waals surface area (Å²) in [7, 11) is 3.77. The number of Topliss-reactive ketones (excluding diaryl/α,β-unsaturated/α-hetero) is 1. The van der Waals surface area contributed by atoms with Crippen molar-refractivity contribution in [1.29, 1.82) is 0 Å². The predicted molar refractivity (Wildman–Crippen MR) is 62.6 cm³/mol. The summed E-state index contributed by atoms with van der Waals surface area (Å²) in [5.74, 6) is 0.154. The van der Waals surface area contributed by atoms with Gasteiger partial charge in [0.25, 0.3) is 0 Å². The maximum atomic E-state index is 11.5. The zero-order valence-electron chi connectivity index (χ0n) is 7.30. The zero-order chi connectivity index (χ0) is 10.0. The number of thiophene rings is 1.